The van der Waals surface area contributed by atoms with E-state index >= 15 is 0 Å². The molecule has 0 saturated carbocycles. The lowest BCUT2D eigenvalue weighted by molar-refractivity contribution is 0.0941. The first-order valence-corrected chi connectivity index (χ1v) is 9.98. The van der Waals surface area contributed by atoms with Gasteiger partial charge in [0.2, 0.25) is 0 Å². The van der Waals surface area contributed by atoms with Gasteiger partial charge >= 0.3 is 0 Å². The SMILES string of the molecule is Cc1cccc(CNC(=O)c2cc3sccc3n2C(C)c2ccccc2)c1. The first kappa shape index (κ1) is 17.6. The molecule has 0 aliphatic rings. The van der Waals surface area contributed by atoms with E-state index in [0.29, 0.717) is 12.2 Å². The summed E-state index contributed by atoms with van der Waals surface area (Å²) in [7, 11) is 0. The molecule has 0 saturated heterocycles. The summed E-state index contributed by atoms with van der Waals surface area (Å²) in [5.41, 5.74) is 5.31. The normalized spacial score (nSPS) is 12.2. The predicted molar refractivity (Wildman–Crippen MR) is 112 cm³/mol. The monoisotopic (exact) mass is 374 g/mol. The van der Waals surface area contributed by atoms with Crippen LogP contribution in [0.3, 0.4) is 0 Å². The standard InChI is InChI=1S/C23H22N2OS/c1-16-7-6-8-18(13-16)15-24-23(26)21-14-22-20(11-12-27-22)25(21)17(2)19-9-4-3-5-10-19/h3-14,17H,15H2,1-2H3,(H,24,26). The Kier molecular flexibility index (Phi) is 4.82. The number of nitrogens with one attached hydrogen (secondary N) is 1. The topological polar surface area (TPSA) is 34.0 Å². The van der Waals surface area contributed by atoms with E-state index in [1.807, 2.05) is 36.4 Å². The van der Waals surface area contributed by atoms with Crippen LogP contribution in [0, 0.1) is 6.92 Å². The quantitative estimate of drug-likeness (QED) is 0.488. The third kappa shape index (κ3) is 3.53. The largest absolute Gasteiger partial charge is 0.347 e. The molecular weight excluding hydrogens is 352 g/mol. The molecule has 4 aromatic rings. The van der Waals surface area contributed by atoms with Gasteiger partial charge in [-0.3, -0.25) is 4.79 Å². The molecular formula is C23H22N2OS. The van der Waals surface area contributed by atoms with Crippen molar-refractivity contribution in [3.8, 4) is 0 Å². The van der Waals surface area contributed by atoms with Crippen molar-refractivity contribution in [2.45, 2.75) is 26.4 Å². The van der Waals surface area contributed by atoms with Gasteiger partial charge in [-0.15, -0.1) is 11.3 Å². The van der Waals surface area contributed by atoms with E-state index in [4.69, 9.17) is 0 Å². The van der Waals surface area contributed by atoms with Crippen LogP contribution in [0.5, 0.6) is 0 Å². The minimum Gasteiger partial charge on any atom is -0.347 e. The van der Waals surface area contributed by atoms with Gasteiger partial charge in [0.25, 0.3) is 5.91 Å². The Morgan fingerprint density at radius 2 is 1.89 bits per heavy atom. The molecule has 1 amide bonds. The highest BCUT2D eigenvalue weighted by Crippen LogP contribution is 2.31. The molecule has 3 nitrogen and oxygen atoms in total. The second-order valence-corrected chi connectivity index (χ2v) is 7.78. The summed E-state index contributed by atoms with van der Waals surface area (Å²) in [6.45, 7) is 4.73. The Balaban J connectivity index is 1.65. The van der Waals surface area contributed by atoms with Crippen molar-refractivity contribution in [3.05, 3.63) is 94.5 Å². The van der Waals surface area contributed by atoms with E-state index in [2.05, 4.69) is 59.4 Å². The molecule has 0 aliphatic carbocycles. The van der Waals surface area contributed by atoms with Gasteiger partial charge in [0.15, 0.2) is 0 Å². The molecule has 0 fully saturated rings. The lowest BCUT2D eigenvalue weighted by atomic mass is 10.1. The first-order chi connectivity index (χ1) is 13.1. The van der Waals surface area contributed by atoms with Crippen LogP contribution in [0.15, 0.2) is 72.1 Å². The van der Waals surface area contributed by atoms with E-state index in [-0.39, 0.29) is 11.9 Å². The van der Waals surface area contributed by atoms with Crippen LogP contribution in [0.4, 0.5) is 0 Å². The van der Waals surface area contributed by atoms with Gasteiger partial charge < -0.3 is 9.88 Å². The van der Waals surface area contributed by atoms with Crippen molar-refractivity contribution in [1.82, 2.24) is 9.88 Å². The van der Waals surface area contributed by atoms with E-state index in [0.717, 1.165) is 15.8 Å². The zero-order valence-corrected chi connectivity index (χ0v) is 16.3. The maximum atomic E-state index is 13.0. The smallest absolute Gasteiger partial charge is 0.268 e. The number of aromatic nitrogens is 1. The van der Waals surface area contributed by atoms with Crippen LogP contribution in [-0.2, 0) is 6.54 Å². The molecule has 2 heterocycles. The van der Waals surface area contributed by atoms with Crippen LogP contribution in [0.1, 0.15) is 40.1 Å². The van der Waals surface area contributed by atoms with Crippen LogP contribution in [0.25, 0.3) is 10.2 Å². The summed E-state index contributed by atoms with van der Waals surface area (Å²) in [5, 5.41) is 5.16. The zero-order chi connectivity index (χ0) is 18.8. The van der Waals surface area contributed by atoms with Crippen molar-refractivity contribution in [3.63, 3.8) is 0 Å². The molecule has 0 radical (unpaired) electrons. The number of aryl methyl sites for hydroxylation is 1. The highest BCUT2D eigenvalue weighted by molar-refractivity contribution is 7.17. The van der Waals surface area contributed by atoms with Crippen molar-refractivity contribution in [2.24, 2.45) is 0 Å². The van der Waals surface area contributed by atoms with E-state index < -0.39 is 0 Å². The van der Waals surface area contributed by atoms with Gasteiger partial charge in [-0.2, -0.15) is 0 Å². The number of carbonyl (C=O) groups excluding carboxylic acids is 1. The minimum absolute atomic E-state index is 0.0392. The number of benzene rings is 2. The third-order valence-corrected chi connectivity index (χ3v) is 5.75. The van der Waals surface area contributed by atoms with Crippen molar-refractivity contribution >= 4 is 27.5 Å². The van der Waals surface area contributed by atoms with Gasteiger partial charge in [0, 0.05) is 6.54 Å². The summed E-state index contributed by atoms with van der Waals surface area (Å²) >= 11 is 1.67. The Hall–Kier alpha value is -2.85. The minimum atomic E-state index is -0.0392. The fraction of sp³-hybridized carbons (Fsp3) is 0.174. The van der Waals surface area contributed by atoms with Crippen molar-refractivity contribution in [2.75, 3.05) is 0 Å². The lowest BCUT2D eigenvalue weighted by Crippen LogP contribution is -2.26. The van der Waals surface area contributed by atoms with E-state index in [1.165, 1.54) is 11.1 Å². The van der Waals surface area contributed by atoms with Crippen molar-refractivity contribution in [1.29, 1.82) is 0 Å². The number of thiophene rings is 1. The second-order valence-electron chi connectivity index (χ2n) is 6.83. The predicted octanol–water partition coefficient (Wildman–Crippen LogP) is 5.55. The molecule has 0 aliphatic heterocycles. The van der Waals surface area contributed by atoms with Crippen LogP contribution in [-0.4, -0.2) is 10.5 Å². The Morgan fingerprint density at radius 1 is 1.07 bits per heavy atom. The number of hydrogen-bond donors (Lipinski definition) is 1. The zero-order valence-electron chi connectivity index (χ0n) is 15.5. The second kappa shape index (κ2) is 7.41. The highest BCUT2D eigenvalue weighted by Gasteiger charge is 2.21. The Bertz CT molecular complexity index is 1080. The number of amides is 1. The van der Waals surface area contributed by atoms with Gasteiger partial charge in [-0.25, -0.2) is 0 Å². The average molecular weight is 375 g/mol. The maximum Gasteiger partial charge on any atom is 0.268 e. The molecule has 1 atom stereocenters. The summed E-state index contributed by atoms with van der Waals surface area (Å²) in [6.07, 6.45) is 0. The molecule has 2 aromatic carbocycles. The van der Waals surface area contributed by atoms with E-state index in [1.54, 1.807) is 11.3 Å². The number of nitrogens with zero attached hydrogens (tertiary/aromatic N) is 1. The summed E-state index contributed by atoms with van der Waals surface area (Å²) < 4.78 is 3.28. The maximum absolute atomic E-state index is 13.0. The van der Waals surface area contributed by atoms with Gasteiger partial charge in [0.1, 0.15) is 5.69 Å². The average Bonchev–Trinajstić information content (AvgIpc) is 3.27. The molecule has 1 unspecified atom stereocenters. The van der Waals surface area contributed by atoms with Crippen molar-refractivity contribution < 1.29 is 4.79 Å². The summed E-state index contributed by atoms with van der Waals surface area (Å²) in [6, 6.07) is 22.7. The Labute approximate surface area is 163 Å². The number of fused-ring (bicyclic) bond motifs is 1. The fourth-order valence-electron chi connectivity index (χ4n) is 3.51. The number of rotatable bonds is 5. The third-order valence-electron chi connectivity index (χ3n) is 4.90. The Morgan fingerprint density at radius 3 is 2.67 bits per heavy atom. The number of carbonyl (C=O) groups is 1. The lowest BCUT2D eigenvalue weighted by Gasteiger charge is -2.19. The van der Waals surface area contributed by atoms with Crippen LogP contribution < -0.4 is 5.32 Å². The van der Waals surface area contributed by atoms with Crippen LogP contribution in [0.2, 0.25) is 0 Å². The molecule has 27 heavy (non-hydrogen) atoms. The van der Waals surface area contributed by atoms with Gasteiger partial charge in [-0.05, 0) is 42.5 Å². The summed E-state index contributed by atoms with van der Waals surface area (Å²) in [4.78, 5) is 13.0. The van der Waals surface area contributed by atoms with Gasteiger partial charge in [-0.1, -0.05) is 60.2 Å². The molecule has 0 spiro atoms. The molecule has 136 valence electrons. The molecule has 1 N–H and O–H groups in total. The molecule has 2 aromatic heterocycles. The first-order valence-electron chi connectivity index (χ1n) is 9.10. The molecule has 0 bridgehead atoms. The number of hydrogen-bond acceptors (Lipinski definition) is 2. The fourth-order valence-corrected chi connectivity index (χ4v) is 4.32. The van der Waals surface area contributed by atoms with E-state index in [9.17, 15) is 4.79 Å². The van der Waals surface area contributed by atoms with Gasteiger partial charge in [0.05, 0.1) is 16.3 Å². The van der Waals surface area contributed by atoms with Crippen LogP contribution >= 0.6 is 11.3 Å². The summed E-state index contributed by atoms with van der Waals surface area (Å²) in [5.74, 6) is -0.0392. The molecule has 4 heteroatoms. The highest BCUT2D eigenvalue weighted by atomic mass is 32.1. The molecule has 4 rings (SSSR count).